The highest BCUT2D eigenvalue weighted by atomic mass is 32.2. The molecular formula is C16H11FN2OS. The average Bonchev–Trinajstić information content (AvgIpc) is 2.91. The van der Waals surface area contributed by atoms with Crippen molar-refractivity contribution >= 4 is 23.4 Å². The number of nitrogens with one attached hydrogen (secondary N) is 1. The van der Waals surface area contributed by atoms with Crippen LogP contribution in [-0.2, 0) is 11.2 Å². The van der Waals surface area contributed by atoms with Crippen LogP contribution < -0.4 is 5.32 Å². The summed E-state index contributed by atoms with van der Waals surface area (Å²) in [5.41, 5.74) is 1.23. The van der Waals surface area contributed by atoms with Gasteiger partial charge in [0.1, 0.15) is 17.4 Å². The van der Waals surface area contributed by atoms with Gasteiger partial charge in [-0.05, 0) is 30.2 Å². The van der Waals surface area contributed by atoms with Crippen LogP contribution in [0, 0.1) is 17.1 Å². The largest absolute Gasteiger partial charge is 0.324 e. The van der Waals surface area contributed by atoms with Crippen molar-refractivity contribution in [3.8, 4) is 6.07 Å². The van der Waals surface area contributed by atoms with E-state index < -0.39 is 5.82 Å². The fourth-order valence-corrected chi connectivity index (χ4v) is 3.48. The third-order valence-electron chi connectivity index (χ3n) is 3.32. The van der Waals surface area contributed by atoms with Crippen molar-refractivity contribution in [2.24, 2.45) is 0 Å². The molecule has 0 saturated carbocycles. The summed E-state index contributed by atoms with van der Waals surface area (Å²) < 4.78 is 13.5. The SMILES string of the molecule is N#Cc1c(F)cccc1NC(=O)C1Cc2ccccc2S1. The van der Waals surface area contributed by atoms with Crippen molar-refractivity contribution < 1.29 is 9.18 Å². The highest BCUT2D eigenvalue weighted by Gasteiger charge is 2.28. The van der Waals surface area contributed by atoms with Gasteiger partial charge in [-0.2, -0.15) is 5.26 Å². The lowest BCUT2D eigenvalue weighted by Gasteiger charge is -2.11. The van der Waals surface area contributed by atoms with Crippen LogP contribution in [0.4, 0.5) is 10.1 Å². The number of rotatable bonds is 2. The Morgan fingerprint density at radius 1 is 1.29 bits per heavy atom. The molecule has 104 valence electrons. The predicted octanol–water partition coefficient (Wildman–Crippen LogP) is 3.35. The number of nitriles is 1. The summed E-state index contributed by atoms with van der Waals surface area (Å²) in [7, 11) is 0. The second-order valence-corrected chi connectivity index (χ2v) is 5.93. The lowest BCUT2D eigenvalue weighted by Crippen LogP contribution is -2.25. The standard InChI is InChI=1S/C16H11FN2OS/c17-12-5-3-6-13(11(12)9-18)19-16(20)15-8-10-4-1-2-7-14(10)21-15/h1-7,15H,8H2,(H,19,20). The van der Waals surface area contributed by atoms with Gasteiger partial charge in [-0.1, -0.05) is 24.3 Å². The zero-order valence-electron chi connectivity index (χ0n) is 11.0. The highest BCUT2D eigenvalue weighted by Crippen LogP contribution is 2.37. The average molecular weight is 298 g/mol. The van der Waals surface area contributed by atoms with Gasteiger partial charge >= 0.3 is 0 Å². The van der Waals surface area contributed by atoms with Crippen LogP contribution in [0.3, 0.4) is 0 Å². The van der Waals surface area contributed by atoms with Gasteiger partial charge in [-0.15, -0.1) is 11.8 Å². The fraction of sp³-hybridized carbons (Fsp3) is 0.125. The van der Waals surface area contributed by atoms with E-state index in [1.54, 1.807) is 6.07 Å². The number of benzene rings is 2. The molecule has 0 spiro atoms. The van der Waals surface area contributed by atoms with Gasteiger partial charge in [0.05, 0.1) is 10.9 Å². The second-order valence-electron chi connectivity index (χ2n) is 4.68. The van der Waals surface area contributed by atoms with Gasteiger partial charge in [0.2, 0.25) is 5.91 Å². The van der Waals surface area contributed by atoms with E-state index in [2.05, 4.69) is 5.32 Å². The zero-order valence-corrected chi connectivity index (χ0v) is 11.8. The quantitative estimate of drug-likeness (QED) is 0.925. The second kappa shape index (κ2) is 5.58. The van der Waals surface area contributed by atoms with Crippen LogP contribution in [0.1, 0.15) is 11.1 Å². The Hall–Kier alpha value is -2.32. The molecular weight excluding hydrogens is 287 g/mol. The number of carbonyl (C=O) groups is 1. The molecule has 21 heavy (non-hydrogen) atoms. The van der Waals surface area contributed by atoms with E-state index in [0.717, 1.165) is 10.5 Å². The Balaban J connectivity index is 1.78. The first-order chi connectivity index (χ1) is 10.2. The van der Waals surface area contributed by atoms with Crippen LogP contribution in [0.25, 0.3) is 0 Å². The molecule has 5 heteroatoms. The smallest absolute Gasteiger partial charge is 0.238 e. The molecule has 0 aliphatic carbocycles. The van der Waals surface area contributed by atoms with Gasteiger partial charge in [0.25, 0.3) is 0 Å². The Morgan fingerprint density at radius 3 is 2.86 bits per heavy atom. The molecule has 1 N–H and O–H groups in total. The van der Waals surface area contributed by atoms with E-state index in [9.17, 15) is 9.18 Å². The lowest BCUT2D eigenvalue weighted by molar-refractivity contribution is -0.115. The minimum absolute atomic E-state index is 0.133. The molecule has 1 atom stereocenters. The predicted molar refractivity (Wildman–Crippen MR) is 79.5 cm³/mol. The number of anilines is 1. The number of thioether (sulfide) groups is 1. The van der Waals surface area contributed by atoms with E-state index >= 15 is 0 Å². The van der Waals surface area contributed by atoms with Gasteiger partial charge in [-0.3, -0.25) is 4.79 Å². The van der Waals surface area contributed by atoms with Crippen molar-refractivity contribution in [1.82, 2.24) is 0 Å². The molecule has 2 aromatic rings. The van der Waals surface area contributed by atoms with Crippen molar-refractivity contribution in [2.75, 3.05) is 5.32 Å². The van der Waals surface area contributed by atoms with E-state index in [4.69, 9.17) is 5.26 Å². The highest BCUT2D eigenvalue weighted by molar-refractivity contribution is 8.01. The summed E-state index contributed by atoms with van der Waals surface area (Å²) in [5.74, 6) is -0.837. The van der Waals surface area contributed by atoms with Crippen molar-refractivity contribution in [1.29, 1.82) is 5.26 Å². The number of hydrogen-bond donors (Lipinski definition) is 1. The van der Waals surface area contributed by atoms with Gasteiger partial charge in [0.15, 0.2) is 0 Å². The topological polar surface area (TPSA) is 52.9 Å². The number of nitrogens with zero attached hydrogens (tertiary/aromatic N) is 1. The lowest BCUT2D eigenvalue weighted by atomic mass is 10.1. The first-order valence-electron chi connectivity index (χ1n) is 6.43. The minimum atomic E-state index is -0.627. The molecule has 1 amide bonds. The molecule has 3 nitrogen and oxygen atoms in total. The molecule has 2 aromatic carbocycles. The van der Waals surface area contributed by atoms with Crippen LogP contribution in [-0.4, -0.2) is 11.2 Å². The molecule has 0 radical (unpaired) electrons. The van der Waals surface area contributed by atoms with E-state index in [-0.39, 0.29) is 22.4 Å². The number of fused-ring (bicyclic) bond motifs is 1. The number of carbonyl (C=O) groups excluding carboxylic acids is 1. The normalized spacial score (nSPS) is 16.1. The third-order valence-corrected chi connectivity index (χ3v) is 4.64. The van der Waals surface area contributed by atoms with Crippen molar-refractivity contribution in [3.63, 3.8) is 0 Å². The first kappa shape index (κ1) is 13.7. The van der Waals surface area contributed by atoms with E-state index in [1.165, 1.54) is 30.0 Å². The summed E-state index contributed by atoms with van der Waals surface area (Å²) in [4.78, 5) is 13.4. The number of halogens is 1. The maximum Gasteiger partial charge on any atom is 0.238 e. The van der Waals surface area contributed by atoms with E-state index in [1.807, 2.05) is 24.3 Å². The molecule has 0 saturated heterocycles. The van der Waals surface area contributed by atoms with Crippen LogP contribution in [0.2, 0.25) is 0 Å². The summed E-state index contributed by atoms with van der Waals surface area (Å²) in [6.07, 6.45) is 0.643. The Kier molecular flexibility index (Phi) is 3.63. The van der Waals surface area contributed by atoms with Gasteiger partial charge in [0, 0.05) is 4.90 Å². The molecule has 0 fully saturated rings. The molecule has 3 rings (SSSR count). The van der Waals surface area contributed by atoms with Crippen molar-refractivity contribution in [2.45, 2.75) is 16.6 Å². The number of amides is 1. The van der Waals surface area contributed by atoms with Gasteiger partial charge < -0.3 is 5.32 Å². The molecule has 0 aromatic heterocycles. The van der Waals surface area contributed by atoms with Crippen LogP contribution in [0.15, 0.2) is 47.4 Å². The monoisotopic (exact) mass is 298 g/mol. The summed E-state index contributed by atoms with van der Waals surface area (Å²) in [6.45, 7) is 0. The van der Waals surface area contributed by atoms with Crippen LogP contribution in [0.5, 0.6) is 0 Å². The maximum atomic E-state index is 13.5. The van der Waals surface area contributed by atoms with Gasteiger partial charge in [-0.25, -0.2) is 4.39 Å². The molecule has 0 bridgehead atoms. The number of hydrogen-bond acceptors (Lipinski definition) is 3. The zero-order chi connectivity index (χ0) is 14.8. The Morgan fingerprint density at radius 2 is 2.10 bits per heavy atom. The summed E-state index contributed by atoms with van der Waals surface area (Å²) >= 11 is 1.49. The molecule has 1 aliphatic rings. The first-order valence-corrected chi connectivity index (χ1v) is 7.31. The van der Waals surface area contributed by atoms with Crippen molar-refractivity contribution in [3.05, 3.63) is 59.4 Å². The third kappa shape index (κ3) is 2.63. The van der Waals surface area contributed by atoms with Crippen LogP contribution >= 0.6 is 11.8 Å². The maximum absolute atomic E-state index is 13.5. The Labute approximate surface area is 125 Å². The Bertz CT molecular complexity index is 729. The molecule has 1 aliphatic heterocycles. The van der Waals surface area contributed by atoms with E-state index in [0.29, 0.717) is 6.42 Å². The fourth-order valence-electron chi connectivity index (χ4n) is 2.28. The summed E-state index contributed by atoms with van der Waals surface area (Å²) in [5, 5.41) is 11.4. The molecule has 1 unspecified atom stereocenters. The minimum Gasteiger partial charge on any atom is -0.324 e. The molecule has 1 heterocycles. The summed E-state index contributed by atoms with van der Waals surface area (Å²) in [6, 6.07) is 13.9.